The lowest BCUT2D eigenvalue weighted by molar-refractivity contribution is 0.574. The quantitative estimate of drug-likeness (QED) is 0.896. The number of nitrogens with one attached hydrogen (secondary N) is 1. The maximum Gasteiger partial charge on any atom is 0.196 e. The molecule has 1 N–H and O–H groups in total. The van der Waals surface area contributed by atoms with Gasteiger partial charge in [0.2, 0.25) is 0 Å². The molecule has 0 spiro atoms. The molecule has 4 nitrogen and oxygen atoms in total. The van der Waals surface area contributed by atoms with E-state index >= 15 is 0 Å². The molecule has 3 rings (SSSR count). The average molecular weight is 243 g/mol. The predicted octanol–water partition coefficient (Wildman–Crippen LogP) is 2.61. The van der Waals surface area contributed by atoms with E-state index in [1.165, 1.54) is 12.8 Å². The first kappa shape index (κ1) is 11.4. The van der Waals surface area contributed by atoms with Crippen LogP contribution in [0, 0.1) is 13.8 Å². The zero-order valence-electron chi connectivity index (χ0n) is 10.7. The zero-order chi connectivity index (χ0) is 12.5. The second kappa shape index (κ2) is 4.53. The molecule has 94 valence electrons. The van der Waals surface area contributed by atoms with Gasteiger partial charge in [0.15, 0.2) is 11.6 Å². The summed E-state index contributed by atoms with van der Waals surface area (Å²) in [5, 5.41) is 3.47. The molecule has 1 aliphatic rings. The van der Waals surface area contributed by atoms with E-state index in [0.29, 0.717) is 11.9 Å². The molecule has 0 bridgehead atoms. The lowest BCUT2D eigenvalue weighted by Gasteiger charge is -2.06. The third-order valence-electron chi connectivity index (χ3n) is 3.12. The van der Waals surface area contributed by atoms with E-state index in [2.05, 4.69) is 15.3 Å². The van der Waals surface area contributed by atoms with Crippen molar-refractivity contribution in [1.29, 1.82) is 0 Å². The fourth-order valence-electron chi connectivity index (χ4n) is 1.96. The van der Waals surface area contributed by atoms with Crippen molar-refractivity contribution in [3.8, 4) is 11.6 Å². The van der Waals surface area contributed by atoms with Crippen molar-refractivity contribution in [2.24, 2.45) is 0 Å². The van der Waals surface area contributed by atoms with Crippen molar-refractivity contribution < 1.29 is 4.42 Å². The number of hydrogen-bond donors (Lipinski definition) is 1. The minimum absolute atomic E-state index is 0.685. The van der Waals surface area contributed by atoms with E-state index in [4.69, 9.17) is 4.42 Å². The van der Waals surface area contributed by atoms with E-state index < -0.39 is 0 Å². The molecule has 0 saturated heterocycles. The van der Waals surface area contributed by atoms with E-state index in [0.717, 1.165) is 29.3 Å². The van der Waals surface area contributed by atoms with Gasteiger partial charge in [0.05, 0.1) is 12.0 Å². The fourth-order valence-corrected chi connectivity index (χ4v) is 1.96. The van der Waals surface area contributed by atoms with Crippen LogP contribution in [0.25, 0.3) is 11.6 Å². The van der Waals surface area contributed by atoms with Crippen molar-refractivity contribution in [3.05, 3.63) is 35.3 Å². The smallest absolute Gasteiger partial charge is 0.196 e. The predicted molar refractivity (Wildman–Crippen MR) is 69.1 cm³/mol. The molecule has 18 heavy (non-hydrogen) atoms. The van der Waals surface area contributed by atoms with Gasteiger partial charge in [0, 0.05) is 18.3 Å². The average Bonchev–Trinajstić information content (AvgIpc) is 3.07. The SMILES string of the molecule is Cc1cc(CNC2CC2)nc(-c2occc2C)n1. The number of nitrogens with zero attached hydrogens (tertiary/aromatic N) is 2. The molecular weight excluding hydrogens is 226 g/mol. The van der Waals surface area contributed by atoms with Crippen LogP contribution >= 0.6 is 0 Å². The summed E-state index contributed by atoms with van der Waals surface area (Å²) < 4.78 is 5.45. The van der Waals surface area contributed by atoms with Gasteiger partial charge in [-0.15, -0.1) is 0 Å². The molecule has 0 amide bonds. The zero-order valence-corrected chi connectivity index (χ0v) is 10.7. The molecule has 0 unspecified atom stereocenters. The molecule has 2 aromatic rings. The van der Waals surface area contributed by atoms with Crippen molar-refractivity contribution in [2.45, 2.75) is 39.3 Å². The van der Waals surface area contributed by atoms with Gasteiger partial charge in [-0.1, -0.05) is 0 Å². The molecule has 0 aliphatic heterocycles. The van der Waals surface area contributed by atoms with Gasteiger partial charge in [-0.3, -0.25) is 0 Å². The van der Waals surface area contributed by atoms with Crippen LogP contribution < -0.4 is 5.32 Å². The molecule has 2 heterocycles. The summed E-state index contributed by atoms with van der Waals surface area (Å²) in [5.74, 6) is 1.46. The van der Waals surface area contributed by atoms with Crippen LogP contribution in [0.4, 0.5) is 0 Å². The highest BCUT2D eigenvalue weighted by Gasteiger charge is 2.20. The highest BCUT2D eigenvalue weighted by molar-refractivity contribution is 5.52. The van der Waals surface area contributed by atoms with Crippen LogP contribution in [0.2, 0.25) is 0 Å². The van der Waals surface area contributed by atoms with Gasteiger partial charge in [-0.05, 0) is 44.4 Å². The van der Waals surface area contributed by atoms with Gasteiger partial charge in [0.1, 0.15) is 0 Å². The second-order valence-corrected chi connectivity index (χ2v) is 4.91. The highest BCUT2D eigenvalue weighted by Crippen LogP contribution is 2.22. The normalized spacial score (nSPS) is 15.0. The Hall–Kier alpha value is -1.68. The summed E-state index contributed by atoms with van der Waals surface area (Å²) in [4.78, 5) is 9.02. The first-order valence-electron chi connectivity index (χ1n) is 6.35. The topological polar surface area (TPSA) is 51.0 Å². The van der Waals surface area contributed by atoms with Gasteiger partial charge in [-0.2, -0.15) is 0 Å². The van der Waals surface area contributed by atoms with Crippen molar-refractivity contribution >= 4 is 0 Å². The Kier molecular flexibility index (Phi) is 2.88. The second-order valence-electron chi connectivity index (χ2n) is 4.91. The number of aryl methyl sites for hydroxylation is 2. The molecule has 1 saturated carbocycles. The number of rotatable bonds is 4. The Bertz CT molecular complexity index is 558. The Morgan fingerprint density at radius 2 is 2.17 bits per heavy atom. The lowest BCUT2D eigenvalue weighted by Crippen LogP contribution is -2.16. The Morgan fingerprint density at radius 1 is 1.33 bits per heavy atom. The Balaban J connectivity index is 1.87. The number of hydrogen-bond acceptors (Lipinski definition) is 4. The highest BCUT2D eigenvalue weighted by atomic mass is 16.3. The van der Waals surface area contributed by atoms with Crippen molar-refractivity contribution in [3.63, 3.8) is 0 Å². The van der Waals surface area contributed by atoms with Gasteiger partial charge >= 0.3 is 0 Å². The van der Waals surface area contributed by atoms with Crippen LogP contribution in [-0.2, 0) is 6.54 Å². The van der Waals surface area contributed by atoms with Crippen LogP contribution in [0.3, 0.4) is 0 Å². The van der Waals surface area contributed by atoms with Crippen LogP contribution in [0.15, 0.2) is 22.8 Å². The summed E-state index contributed by atoms with van der Waals surface area (Å²) in [6, 6.07) is 4.65. The third-order valence-corrected chi connectivity index (χ3v) is 3.12. The molecule has 2 aromatic heterocycles. The molecule has 0 atom stereocenters. The summed E-state index contributed by atoms with van der Waals surface area (Å²) >= 11 is 0. The van der Waals surface area contributed by atoms with Crippen LogP contribution in [0.1, 0.15) is 29.8 Å². The molecule has 4 heteroatoms. The van der Waals surface area contributed by atoms with E-state index in [1.54, 1.807) is 6.26 Å². The Labute approximate surface area is 106 Å². The first-order chi connectivity index (χ1) is 8.72. The minimum atomic E-state index is 0.685. The lowest BCUT2D eigenvalue weighted by atomic mass is 10.2. The van der Waals surface area contributed by atoms with E-state index in [-0.39, 0.29) is 0 Å². The number of aromatic nitrogens is 2. The summed E-state index contributed by atoms with van der Waals surface area (Å²) in [6.07, 6.45) is 4.25. The largest absolute Gasteiger partial charge is 0.461 e. The third kappa shape index (κ3) is 2.43. The van der Waals surface area contributed by atoms with Crippen molar-refractivity contribution in [2.75, 3.05) is 0 Å². The maximum absolute atomic E-state index is 5.45. The molecule has 1 fully saturated rings. The van der Waals surface area contributed by atoms with E-state index in [9.17, 15) is 0 Å². The van der Waals surface area contributed by atoms with Gasteiger partial charge < -0.3 is 9.73 Å². The van der Waals surface area contributed by atoms with Gasteiger partial charge in [0.25, 0.3) is 0 Å². The molecular formula is C14H17N3O. The van der Waals surface area contributed by atoms with Crippen molar-refractivity contribution in [1.82, 2.24) is 15.3 Å². The first-order valence-corrected chi connectivity index (χ1v) is 6.35. The van der Waals surface area contributed by atoms with Crippen LogP contribution in [0.5, 0.6) is 0 Å². The molecule has 1 aliphatic carbocycles. The summed E-state index contributed by atoms with van der Waals surface area (Å²) in [6.45, 7) is 4.80. The van der Waals surface area contributed by atoms with Crippen LogP contribution in [-0.4, -0.2) is 16.0 Å². The molecule has 0 aromatic carbocycles. The number of furan rings is 1. The molecule has 0 radical (unpaired) electrons. The minimum Gasteiger partial charge on any atom is -0.461 e. The summed E-state index contributed by atoms with van der Waals surface area (Å²) in [7, 11) is 0. The standard InChI is InChI=1S/C14H17N3O/c1-9-5-6-18-13(9)14-16-10(2)7-12(17-14)8-15-11-3-4-11/h5-7,11,15H,3-4,8H2,1-2H3. The Morgan fingerprint density at radius 3 is 2.83 bits per heavy atom. The van der Waals surface area contributed by atoms with Gasteiger partial charge in [-0.25, -0.2) is 9.97 Å². The monoisotopic (exact) mass is 243 g/mol. The maximum atomic E-state index is 5.45. The fraction of sp³-hybridized carbons (Fsp3) is 0.429. The van der Waals surface area contributed by atoms with E-state index in [1.807, 2.05) is 26.0 Å². The summed E-state index contributed by atoms with van der Waals surface area (Å²) in [5.41, 5.74) is 3.07.